The summed E-state index contributed by atoms with van der Waals surface area (Å²) in [6.45, 7) is 3.32. The van der Waals surface area contributed by atoms with Crippen LogP contribution in [0, 0.1) is 0 Å². The molecule has 1 atom stereocenters. The van der Waals surface area contributed by atoms with Gasteiger partial charge in [-0.15, -0.1) is 0 Å². The van der Waals surface area contributed by atoms with Gasteiger partial charge in [0.15, 0.2) is 0 Å². The highest BCUT2D eigenvalue weighted by molar-refractivity contribution is 9.10. The van der Waals surface area contributed by atoms with Gasteiger partial charge in [0, 0.05) is 47.6 Å². The summed E-state index contributed by atoms with van der Waals surface area (Å²) in [5, 5.41) is 0.727. The topological polar surface area (TPSA) is 47.1 Å². The molecule has 1 aliphatic rings. The molecule has 2 heterocycles. The van der Waals surface area contributed by atoms with Gasteiger partial charge in [0.05, 0.1) is 6.54 Å². The van der Waals surface area contributed by atoms with Gasteiger partial charge in [0.1, 0.15) is 5.82 Å². The molecule has 0 radical (unpaired) electrons. The van der Waals surface area contributed by atoms with Gasteiger partial charge in [-0.1, -0.05) is 33.6 Å². The Kier molecular flexibility index (Phi) is 4.12. The van der Waals surface area contributed by atoms with Gasteiger partial charge in [0.25, 0.3) is 0 Å². The number of rotatable bonds is 3. The van der Waals surface area contributed by atoms with Crippen molar-refractivity contribution in [2.24, 2.45) is 5.73 Å². The van der Waals surface area contributed by atoms with Crippen molar-refractivity contribution < 1.29 is 0 Å². The normalized spacial score (nSPS) is 16.9. The van der Waals surface area contributed by atoms with Crippen LogP contribution < -0.4 is 5.73 Å². The number of halogens is 2. The van der Waals surface area contributed by atoms with Crippen LogP contribution in [0.1, 0.15) is 17.4 Å². The van der Waals surface area contributed by atoms with E-state index in [9.17, 15) is 0 Å². The molecule has 4 nitrogen and oxygen atoms in total. The predicted octanol–water partition coefficient (Wildman–Crippen LogP) is 2.81. The van der Waals surface area contributed by atoms with Crippen LogP contribution in [0.25, 0.3) is 0 Å². The summed E-state index contributed by atoms with van der Waals surface area (Å²) in [5.41, 5.74) is 7.19. The minimum atomic E-state index is 0.173. The fourth-order valence-corrected chi connectivity index (χ4v) is 3.65. The molecule has 106 valence electrons. The summed E-state index contributed by atoms with van der Waals surface area (Å²) in [7, 11) is 0. The third kappa shape index (κ3) is 2.63. The van der Waals surface area contributed by atoms with E-state index < -0.39 is 0 Å². The van der Waals surface area contributed by atoms with E-state index in [0.717, 1.165) is 35.0 Å². The second-order valence-electron chi connectivity index (χ2n) is 4.92. The van der Waals surface area contributed by atoms with Crippen molar-refractivity contribution in [3.63, 3.8) is 0 Å². The summed E-state index contributed by atoms with van der Waals surface area (Å²) in [6.07, 6.45) is 3.89. The van der Waals surface area contributed by atoms with Gasteiger partial charge >= 0.3 is 0 Å². The molecule has 1 aromatic heterocycles. The SMILES string of the molecule is NCC(c1ccc(Cl)cc1Br)N1CCn2ccnc2C1. The van der Waals surface area contributed by atoms with E-state index in [0.29, 0.717) is 6.54 Å². The Labute approximate surface area is 131 Å². The van der Waals surface area contributed by atoms with Crippen LogP contribution in [-0.4, -0.2) is 27.5 Å². The first-order chi connectivity index (χ1) is 9.69. The Morgan fingerprint density at radius 1 is 1.40 bits per heavy atom. The third-order valence-corrected chi connectivity index (χ3v) is 4.68. The molecular formula is C14H16BrClN4. The number of imidazole rings is 1. The Balaban J connectivity index is 1.87. The molecule has 0 aliphatic carbocycles. The first-order valence-corrected chi connectivity index (χ1v) is 7.75. The summed E-state index contributed by atoms with van der Waals surface area (Å²) < 4.78 is 3.20. The fourth-order valence-electron chi connectivity index (χ4n) is 2.70. The van der Waals surface area contributed by atoms with E-state index in [1.807, 2.05) is 30.6 Å². The van der Waals surface area contributed by atoms with Crippen molar-refractivity contribution in [1.29, 1.82) is 0 Å². The Hall–Kier alpha value is -0.880. The van der Waals surface area contributed by atoms with E-state index in [4.69, 9.17) is 17.3 Å². The molecule has 1 aromatic carbocycles. The maximum absolute atomic E-state index is 6.02. The molecule has 20 heavy (non-hydrogen) atoms. The minimum absolute atomic E-state index is 0.173. The number of hydrogen-bond acceptors (Lipinski definition) is 3. The van der Waals surface area contributed by atoms with Crippen LogP contribution in [0.2, 0.25) is 5.02 Å². The van der Waals surface area contributed by atoms with E-state index in [2.05, 4.69) is 30.4 Å². The van der Waals surface area contributed by atoms with Crippen LogP contribution in [-0.2, 0) is 13.1 Å². The molecule has 0 fully saturated rings. The van der Waals surface area contributed by atoms with E-state index >= 15 is 0 Å². The maximum Gasteiger partial charge on any atom is 0.122 e. The quantitative estimate of drug-likeness (QED) is 0.921. The van der Waals surface area contributed by atoms with Gasteiger partial charge in [-0.25, -0.2) is 4.98 Å². The molecule has 1 unspecified atom stereocenters. The second-order valence-corrected chi connectivity index (χ2v) is 6.22. The van der Waals surface area contributed by atoms with E-state index in [-0.39, 0.29) is 6.04 Å². The maximum atomic E-state index is 6.02. The highest BCUT2D eigenvalue weighted by Gasteiger charge is 2.25. The lowest BCUT2D eigenvalue weighted by atomic mass is 10.0. The van der Waals surface area contributed by atoms with Crippen molar-refractivity contribution in [3.8, 4) is 0 Å². The molecule has 0 bridgehead atoms. The van der Waals surface area contributed by atoms with Crippen LogP contribution in [0.3, 0.4) is 0 Å². The van der Waals surface area contributed by atoms with Crippen molar-refractivity contribution in [2.45, 2.75) is 19.1 Å². The lowest BCUT2D eigenvalue weighted by Gasteiger charge is -2.34. The highest BCUT2D eigenvalue weighted by atomic mass is 79.9. The van der Waals surface area contributed by atoms with E-state index in [1.165, 1.54) is 5.56 Å². The Morgan fingerprint density at radius 3 is 3.00 bits per heavy atom. The fraction of sp³-hybridized carbons (Fsp3) is 0.357. The summed E-state index contributed by atoms with van der Waals surface area (Å²) >= 11 is 9.61. The van der Waals surface area contributed by atoms with Crippen LogP contribution in [0.15, 0.2) is 35.1 Å². The Bertz CT molecular complexity index is 613. The van der Waals surface area contributed by atoms with Gasteiger partial charge in [-0.3, -0.25) is 4.90 Å². The lowest BCUT2D eigenvalue weighted by molar-refractivity contribution is 0.156. The largest absolute Gasteiger partial charge is 0.333 e. The number of nitrogens with zero attached hydrogens (tertiary/aromatic N) is 3. The van der Waals surface area contributed by atoms with Crippen molar-refractivity contribution in [2.75, 3.05) is 13.1 Å². The molecule has 0 saturated heterocycles. The molecule has 2 aromatic rings. The first-order valence-electron chi connectivity index (χ1n) is 6.58. The van der Waals surface area contributed by atoms with Gasteiger partial charge in [-0.05, 0) is 17.7 Å². The van der Waals surface area contributed by atoms with E-state index in [1.54, 1.807) is 0 Å². The zero-order valence-electron chi connectivity index (χ0n) is 11.0. The number of aromatic nitrogens is 2. The molecule has 6 heteroatoms. The summed E-state index contributed by atoms with van der Waals surface area (Å²) in [6, 6.07) is 6.05. The molecule has 0 spiro atoms. The first kappa shape index (κ1) is 14.1. The third-order valence-electron chi connectivity index (χ3n) is 3.76. The van der Waals surface area contributed by atoms with Crippen LogP contribution in [0.5, 0.6) is 0 Å². The molecule has 0 saturated carbocycles. The summed E-state index contributed by atoms with van der Waals surface area (Å²) in [5.74, 6) is 1.10. The number of fused-ring (bicyclic) bond motifs is 1. The highest BCUT2D eigenvalue weighted by Crippen LogP contribution is 2.31. The average Bonchev–Trinajstić information content (AvgIpc) is 2.89. The number of hydrogen-bond donors (Lipinski definition) is 1. The molecule has 1 aliphatic heterocycles. The van der Waals surface area contributed by atoms with Crippen molar-refractivity contribution in [3.05, 3.63) is 51.5 Å². The van der Waals surface area contributed by atoms with Gasteiger partial charge in [0.2, 0.25) is 0 Å². The van der Waals surface area contributed by atoms with Crippen LogP contribution in [0.4, 0.5) is 0 Å². The van der Waals surface area contributed by atoms with Gasteiger partial charge < -0.3 is 10.3 Å². The molecular weight excluding hydrogens is 340 g/mol. The van der Waals surface area contributed by atoms with Crippen molar-refractivity contribution >= 4 is 27.5 Å². The molecule has 2 N–H and O–H groups in total. The van der Waals surface area contributed by atoms with Crippen LogP contribution >= 0.6 is 27.5 Å². The zero-order valence-corrected chi connectivity index (χ0v) is 13.3. The number of benzene rings is 1. The minimum Gasteiger partial charge on any atom is -0.333 e. The smallest absolute Gasteiger partial charge is 0.122 e. The second kappa shape index (κ2) is 5.85. The molecule has 3 rings (SSSR count). The average molecular weight is 356 g/mol. The molecule has 0 amide bonds. The monoisotopic (exact) mass is 354 g/mol. The number of nitrogens with two attached hydrogens (primary N) is 1. The predicted molar refractivity (Wildman–Crippen MR) is 83.6 cm³/mol. The van der Waals surface area contributed by atoms with Crippen molar-refractivity contribution in [1.82, 2.24) is 14.5 Å². The standard InChI is InChI=1S/C14H16BrClN4/c15-12-7-10(16)1-2-11(12)13(8-17)20-6-5-19-4-3-18-14(19)9-20/h1-4,7,13H,5-6,8-9,17H2. The zero-order chi connectivity index (χ0) is 14.1. The lowest BCUT2D eigenvalue weighted by Crippen LogP contribution is -2.39. The Morgan fingerprint density at radius 2 is 2.25 bits per heavy atom. The summed E-state index contributed by atoms with van der Waals surface area (Å²) in [4.78, 5) is 6.77. The van der Waals surface area contributed by atoms with Gasteiger partial charge in [-0.2, -0.15) is 0 Å².